The molecule has 6 nitrogen and oxygen atoms in total. The van der Waals surface area contributed by atoms with Gasteiger partial charge in [0.25, 0.3) is 0 Å². The van der Waals surface area contributed by atoms with Crippen molar-refractivity contribution in [2.24, 2.45) is 0 Å². The molecule has 6 heteroatoms. The van der Waals surface area contributed by atoms with E-state index in [0.717, 1.165) is 0 Å². The molecule has 1 amide bonds. The van der Waals surface area contributed by atoms with E-state index in [4.69, 9.17) is 14.6 Å². The second kappa shape index (κ2) is 9.46. The normalized spacial score (nSPS) is 10.2. The van der Waals surface area contributed by atoms with Gasteiger partial charge in [-0.05, 0) is 56.2 Å². The summed E-state index contributed by atoms with van der Waals surface area (Å²) < 4.78 is 11.2. The minimum absolute atomic E-state index is 0.144. The van der Waals surface area contributed by atoms with Gasteiger partial charge in [-0.15, -0.1) is 0 Å². The van der Waals surface area contributed by atoms with Gasteiger partial charge < -0.3 is 19.9 Å². The lowest BCUT2D eigenvalue weighted by Crippen LogP contribution is -2.13. The van der Waals surface area contributed by atoms with E-state index in [0.29, 0.717) is 48.8 Å². The smallest absolute Gasteiger partial charge is 0.335 e. The maximum absolute atomic E-state index is 12.0. The molecule has 2 rings (SSSR count). The van der Waals surface area contributed by atoms with Gasteiger partial charge in [0.15, 0.2) is 11.5 Å². The van der Waals surface area contributed by atoms with E-state index < -0.39 is 5.97 Å². The van der Waals surface area contributed by atoms with Crippen LogP contribution in [0.1, 0.15) is 35.7 Å². The van der Waals surface area contributed by atoms with Crippen molar-refractivity contribution in [2.75, 3.05) is 18.5 Å². The maximum Gasteiger partial charge on any atom is 0.335 e. The van der Waals surface area contributed by atoms with Crippen molar-refractivity contribution < 1.29 is 24.2 Å². The minimum atomic E-state index is -0.982. The largest absolute Gasteiger partial charge is 0.490 e. The highest BCUT2D eigenvalue weighted by Gasteiger charge is 2.09. The Labute approximate surface area is 152 Å². The number of hydrogen-bond donors (Lipinski definition) is 2. The summed E-state index contributed by atoms with van der Waals surface area (Å²) in [6, 6.07) is 12.1. The molecule has 0 heterocycles. The molecule has 2 N–H and O–H groups in total. The summed E-state index contributed by atoms with van der Waals surface area (Å²) in [5.74, 6) is 0.224. The number of hydrogen-bond acceptors (Lipinski definition) is 4. The van der Waals surface area contributed by atoms with Crippen LogP contribution < -0.4 is 14.8 Å². The zero-order chi connectivity index (χ0) is 18.9. The number of aromatic carboxylic acids is 1. The first-order valence-electron chi connectivity index (χ1n) is 8.49. The summed E-state index contributed by atoms with van der Waals surface area (Å²) in [6.07, 6.45) is 0.856. The third-order valence-electron chi connectivity index (χ3n) is 3.70. The van der Waals surface area contributed by atoms with E-state index in [9.17, 15) is 9.59 Å². The molecule has 0 bridgehead atoms. The molecular weight excluding hydrogens is 334 g/mol. The molecule has 0 aliphatic carbocycles. The van der Waals surface area contributed by atoms with Gasteiger partial charge in [-0.1, -0.05) is 12.1 Å². The molecule has 0 aliphatic heterocycles. The van der Waals surface area contributed by atoms with E-state index in [1.54, 1.807) is 19.1 Å². The topological polar surface area (TPSA) is 84.9 Å². The van der Waals surface area contributed by atoms with Crippen molar-refractivity contribution in [1.29, 1.82) is 0 Å². The number of carbonyl (C=O) groups excluding carboxylic acids is 1. The summed E-state index contributed by atoms with van der Waals surface area (Å²) in [7, 11) is 0. The predicted octanol–water partition coefficient (Wildman–Crippen LogP) is 3.89. The van der Waals surface area contributed by atoms with Crippen LogP contribution in [0.4, 0.5) is 5.69 Å². The van der Waals surface area contributed by atoms with E-state index in [2.05, 4.69) is 5.32 Å². The molecule has 0 radical (unpaired) electrons. The highest BCUT2D eigenvalue weighted by Crippen LogP contribution is 2.26. The fourth-order valence-electron chi connectivity index (χ4n) is 2.46. The highest BCUT2D eigenvalue weighted by atomic mass is 16.5. The van der Waals surface area contributed by atoms with Crippen molar-refractivity contribution in [3.05, 3.63) is 53.6 Å². The molecule has 0 aromatic heterocycles. The number of rotatable bonds is 9. The van der Waals surface area contributed by atoms with Crippen LogP contribution in [0.2, 0.25) is 0 Å². The van der Waals surface area contributed by atoms with Gasteiger partial charge >= 0.3 is 5.97 Å². The number of amides is 1. The summed E-state index contributed by atoms with van der Waals surface area (Å²) in [4.78, 5) is 23.0. The van der Waals surface area contributed by atoms with Gasteiger partial charge in [0.2, 0.25) is 5.91 Å². The van der Waals surface area contributed by atoms with Gasteiger partial charge in [0, 0.05) is 12.1 Å². The Morgan fingerprint density at radius 1 is 1.08 bits per heavy atom. The van der Waals surface area contributed by atoms with Crippen LogP contribution in [0.25, 0.3) is 0 Å². The average Bonchev–Trinajstić information content (AvgIpc) is 2.60. The van der Waals surface area contributed by atoms with Gasteiger partial charge in [0.05, 0.1) is 18.8 Å². The van der Waals surface area contributed by atoms with Crippen molar-refractivity contribution in [3.63, 3.8) is 0 Å². The maximum atomic E-state index is 12.0. The van der Waals surface area contributed by atoms with Gasteiger partial charge in [-0.2, -0.15) is 0 Å². The average molecular weight is 357 g/mol. The molecule has 26 heavy (non-hydrogen) atoms. The predicted molar refractivity (Wildman–Crippen MR) is 99.1 cm³/mol. The molecule has 2 aromatic carbocycles. The number of anilines is 1. The molecular formula is C20H23NO5. The highest BCUT2D eigenvalue weighted by molar-refractivity contribution is 5.93. The van der Waals surface area contributed by atoms with Crippen LogP contribution in [0.3, 0.4) is 0 Å². The first kappa shape index (κ1) is 19.3. The summed E-state index contributed by atoms with van der Waals surface area (Å²) in [5, 5.41) is 11.8. The fourth-order valence-corrected chi connectivity index (χ4v) is 2.46. The lowest BCUT2D eigenvalue weighted by molar-refractivity contribution is -0.116. The van der Waals surface area contributed by atoms with Crippen LogP contribution >= 0.6 is 0 Å². The monoisotopic (exact) mass is 357 g/mol. The van der Waals surface area contributed by atoms with Gasteiger partial charge in [-0.25, -0.2) is 4.79 Å². The van der Waals surface area contributed by atoms with Crippen molar-refractivity contribution in [1.82, 2.24) is 0 Å². The summed E-state index contributed by atoms with van der Waals surface area (Å²) in [5.41, 5.74) is 1.41. The number of aryl methyl sites for hydroxylation is 1. The molecule has 0 saturated carbocycles. The number of para-hydroxylation sites is 2. The molecule has 2 aromatic rings. The number of nitrogens with one attached hydrogen (secondary N) is 1. The molecule has 0 atom stereocenters. The number of carboxylic acid groups (broad SMARTS) is 1. The number of ether oxygens (including phenoxy) is 2. The Kier molecular flexibility index (Phi) is 7.02. The van der Waals surface area contributed by atoms with Crippen molar-refractivity contribution in [3.8, 4) is 11.5 Å². The minimum Gasteiger partial charge on any atom is -0.490 e. The molecule has 138 valence electrons. The third kappa shape index (κ3) is 5.51. The molecule has 0 unspecified atom stereocenters. The van der Waals surface area contributed by atoms with Crippen LogP contribution in [-0.4, -0.2) is 30.2 Å². The Bertz CT molecular complexity index is 773. The van der Waals surface area contributed by atoms with Crippen LogP contribution in [-0.2, 0) is 4.79 Å². The Hall–Kier alpha value is -3.02. The zero-order valence-electron chi connectivity index (χ0n) is 15.0. The standard InChI is InChI=1S/C20H23NO5/c1-3-25-17-7-4-5-8-18(17)26-12-6-9-19(22)21-15-10-11-16(20(23)24)14(2)13-15/h4-5,7-8,10-11,13H,3,6,9,12H2,1-2H3,(H,21,22)(H,23,24). The third-order valence-corrected chi connectivity index (χ3v) is 3.70. The SMILES string of the molecule is CCOc1ccccc1OCCCC(=O)Nc1ccc(C(=O)O)c(C)c1. The van der Waals surface area contributed by atoms with E-state index in [1.807, 2.05) is 31.2 Å². The zero-order valence-corrected chi connectivity index (χ0v) is 15.0. The van der Waals surface area contributed by atoms with Crippen LogP contribution in [0.5, 0.6) is 11.5 Å². The number of carbonyl (C=O) groups is 2. The Balaban J connectivity index is 1.79. The molecule has 0 spiro atoms. The summed E-state index contributed by atoms with van der Waals surface area (Å²) in [6.45, 7) is 4.56. The van der Waals surface area contributed by atoms with E-state index >= 15 is 0 Å². The second-order valence-electron chi connectivity index (χ2n) is 5.71. The molecule has 0 fully saturated rings. The van der Waals surface area contributed by atoms with Crippen molar-refractivity contribution >= 4 is 17.6 Å². The first-order chi connectivity index (χ1) is 12.5. The van der Waals surface area contributed by atoms with Crippen molar-refractivity contribution in [2.45, 2.75) is 26.7 Å². The number of benzene rings is 2. The summed E-state index contributed by atoms with van der Waals surface area (Å²) >= 11 is 0. The quantitative estimate of drug-likeness (QED) is 0.665. The van der Waals surface area contributed by atoms with E-state index in [-0.39, 0.29) is 11.5 Å². The lowest BCUT2D eigenvalue weighted by atomic mass is 10.1. The van der Waals surface area contributed by atoms with Crippen LogP contribution in [0, 0.1) is 6.92 Å². The first-order valence-corrected chi connectivity index (χ1v) is 8.49. The fraction of sp³-hybridized carbons (Fsp3) is 0.300. The Morgan fingerprint density at radius 2 is 1.77 bits per heavy atom. The van der Waals surface area contributed by atoms with Gasteiger partial charge in [0.1, 0.15) is 0 Å². The second-order valence-corrected chi connectivity index (χ2v) is 5.71. The van der Waals surface area contributed by atoms with Gasteiger partial charge in [-0.3, -0.25) is 4.79 Å². The molecule has 0 aliphatic rings. The molecule has 0 saturated heterocycles. The Morgan fingerprint density at radius 3 is 2.38 bits per heavy atom. The lowest BCUT2D eigenvalue weighted by Gasteiger charge is -2.11. The van der Waals surface area contributed by atoms with E-state index in [1.165, 1.54) is 6.07 Å². The number of carboxylic acids is 1. The van der Waals surface area contributed by atoms with Crippen LogP contribution in [0.15, 0.2) is 42.5 Å².